The fourth-order valence-corrected chi connectivity index (χ4v) is 2.85. The van der Waals surface area contributed by atoms with Gasteiger partial charge in [0.1, 0.15) is 5.75 Å². The fourth-order valence-electron chi connectivity index (χ4n) is 1.15. The number of hydrogen-bond acceptors (Lipinski definition) is 3. The summed E-state index contributed by atoms with van der Waals surface area (Å²) < 4.78 is 2.03. The smallest absolute Gasteiger partial charge is 0.160 e. The summed E-state index contributed by atoms with van der Waals surface area (Å²) in [7, 11) is 0. The third-order valence-corrected chi connectivity index (χ3v) is 4.11. The first kappa shape index (κ1) is 8.96. The van der Waals surface area contributed by atoms with Crippen LogP contribution in [0.4, 0.5) is 0 Å². The van der Waals surface area contributed by atoms with Gasteiger partial charge >= 0.3 is 0 Å². The number of halogens is 1. The summed E-state index contributed by atoms with van der Waals surface area (Å²) in [6.45, 7) is 0. The monoisotopic (exact) mass is 304 g/mol. The molecule has 1 aromatic heterocycles. The zero-order valence-electron chi connectivity index (χ0n) is 6.45. The van der Waals surface area contributed by atoms with Gasteiger partial charge in [-0.1, -0.05) is 0 Å². The predicted octanol–water partition coefficient (Wildman–Crippen LogP) is 3.02. The van der Waals surface area contributed by atoms with Crippen molar-refractivity contribution in [3.63, 3.8) is 0 Å². The molecule has 0 unspecified atom stereocenters. The Labute approximate surface area is 92.3 Å². The van der Waals surface area contributed by atoms with Crippen molar-refractivity contribution in [2.75, 3.05) is 0 Å². The highest BCUT2D eigenvalue weighted by Gasteiger charge is 2.07. The van der Waals surface area contributed by atoms with Crippen molar-refractivity contribution in [3.05, 3.63) is 26.6 Å². The number of carbonyl (C=O) groups excluding carboxylic acids is 1. The van der Waals surface area contributed by atoms with E-state index in [9.17, 15) is 9.90 Å². The Hall–Kier alpha value is -0.620. The Morgan fingerprint density at radius 1 is 1.46 bits per heavy atom. The van der Waals surface area contributed by atoms with Crippen LogP contribution in [0.1, 0.15) is 9.67 Å². The molecule has 0 fully saturated rings. The lowest BCUT2D eigenvalue weighted by atomic mass is 10.2. The van der Waals surface area contributed by atoms with Gasteiger partial charge in [-0.2, -0.15) is 0 Å². The molecule has 2 rings (SSSR count). The van der Waals surface area contributed by atoms with E-state index in [4.69, 9.17) is 0 Å². The van der Waals surface area contributed by atoms with Crippen molar-refractivity contribution in [1.29, 1.82) is 0 Å². The Balaban J connectivity index is 2.87. The highest BCUT2D eigenvalue weighted by molar-refractivity contribution is 14.1. The van der Waals surface area contributed by atoms with Gasteiger partial charge in [0.15, 0.2) is 6.29 Å². The number of aromatic hydroxyl groups is 1. The molecule has 0 aliphatic carbocycles. The number of rotatable bonds is 1. The molecule has 1 aromatic carbocycles. The minimum absolute atomic E-state index is 0.236. The van der Waals surface area contributed by atoms with Gasteiger partial charge in [0.25, 0.3) is 0 Å². The molecule has 1 N–H and O–H groups in total. The van der Waals surface area contributed by atoms with E-state index in [-0.39, 0.29) is 5.75 Å². The molecule has 0 atom stereocenters. The topological polar surface area (TPSA) is 37.3 Å². The van der Waals surface area contributed by atoms with Crippen molar-refractivity contribution < 1.29 is 9.90 Å². The van der Waals surface area contributed by atoms with Crippen LogP contribution in [0.2, 0.25) is 0 Å². The largest absolute Gasteiger partial charge is 0.507 e. The summed E-state index contributed by atoms with van der Waals surface area (Å²) in [5.41, 5.74) is 0. The molecular weight excluding hydrogens is 299 g/mol. The average Bonchev–Trinajstić information content (AvgIpc) is 2.56. The number of thiophene rings is 1. The molecule has 66 valence electrons. The highest BCUT2D eigenvalue weighted by atomic mass is 127. The van der Waals surface area contributed by atoms with E-state index in [0.29, 0.717) is 4.88 Å². The quantitative estimate of drug-likeness (QED) is 0.649. The molecular formula is C9H5IO2S. The van der Waals surface area contributed by atoms with Crippen LogP contribution in [0.5, 0.6) is 5.75 Å². The van der Waals surface area contributed by atoms with Gasteiger partial charge < -0.3 is 5.11 Å². The molecule has 13 heavy (non-hydrogen) atoms. The molecule has 0 aliphatic heterocycles. The number of phenolic OH excluding ortho intramolecular Hbond substituents is 1. The molecule has 2 aromatic rings. The lowest BCUT2D eigenvalue weighted by Gasteiger charge is -1.95. The van der Waals surface area contributed by atoms with Crippen LogP contribution >= 0.6 is 33.9 Å². The number of benzene rings is 1. The van der Waals surface area contributed by atoms with Crippen LogP contribution < -0.4 is 0 Å². The van der Waals surface area contributed by atoms with E-state index in [1.807, 2.05) is 6.07 Å². The number of phenols is 1. The molecule has 0 saturated heterocycles. The summed E-state index contributed by atoms with van der Waals surface area (Å²) in [4.78, 5) is 11.2. The molecule has 0 bridgehead atoms. The summed E-state index contributed by atoms with van der Waals surface area (Å²) in [6.07, 6.45) is 0.806. The maximum absolute atomic E-state index is 10.5. The minimum Gasteiger partial charge on any atom is -0.507 e. The molecule has 0 radical (unpaired) electrons. The molecule has 0 aliphatic rings. The first-order valence-electron chi connectivity index (χ1n) is 3.58. The third-order valence-electron chi connectivity index (χ3n) is 1.75. The Kier molecular flexibility index (Phi) is 2.25. The zero-order valence-corrected chi connectivity index (χ0v) is 9.43. The van der Waals surface area contributed by atoms with E-state index >= 15 is 0 Å². The normalized spacial score (nSPS) is 10.5. The van der Waals surface area contributed by atoms with Crippen LogP contribution in [-0.2, 0) is 0 Å². The van der Waals surface area contributed by atoms with E-state index in [1.54, 1.807) is 12.1 Å². The second-order valence-corrected chi connectivity index (χ2v) is 4.82. The minimum atomic E-state index is 0.236. The first-order valence-corrected chi connectivity index (χ1v) is 5.48. The van der Waals surface area contributed by atoms with Gasteiger partial charge in [0.2, 0.25) is 0 Å². The summed E-state index contributed by atoms with van der Waals surface area (Å²) in [5.74, 6) is 0.236. The summed E-state index contributed by atoms with van der Waals surface area (Å²) in [5, 5.41) is 10.3. The fraction of sp³-hybridized carbons (Fsp3) is 0. The van der Waals surface area contributed by atoms with E-state index in [0.717, 1.165) is 19.9 Å². The maximum atomic E-state index is 10.5. The molecule has 0 saturated carbocycles. The number of hydrogen-bond donors (Lipinski definition) is 1. The van der Waals surface area contributed by atoms with E-state index in [1.165, 1.54) is 11.3 Å². The first-order chi connectivity index (χ1) is 6.22. The van der Waals surface area contributed by atoms with Crippen LogP contribution in [0.15, 0.2) is 18.2 Å². The second-order valence-electron chi connectivity index (χ2n) is 2.58. The number of fused-ring (bicyclic) bond motifs is 1. The second kappa shape index (κ2) is 3.26. The van der Waals surface area contributed by atoms with Crippen molar-refractivity contribution in [2.45, 2.75) is 0 Å². The van der Waals surface area contributed by atoms with Gasteiger partial charge in [-0.3, -0.25) is 4.79 Å². The summed E-state index contributed by atoms with van der Waals surface area (Å²) >= 11 is 3.59. The van der Waals surface area contributed by atoms with Crippen molar-refractivity contribution in [3.8, 4) is 5.75 Å². The van der Waals surface area contributed by atoms with Gasteiger partial charge in [-0.25, -0.2) is 0 Å². The van der Waals surface area contributed by atoms with Crippen LogP contribution in [0.25, 0.3) is 10.1 Å². The van der Waals surface area contributed by atoms with Crippen LogP contribution in [0, 0.1) is 3.57 Å². The molecule has 0 spiro atoms. The van der Waals surface area contributed by atoms with Crippen LogP contribution in [0.3, 0.4) is 0 Å². The summed E-state index contributed by atoms with van der Waals surface area (Å²) in [6, 6.07) is 5.19. The zero-order chi connectivity index (χ0) is 9.42. The Morgan fingerprint density at radius 2 is 2.23 bits per heavy atom. The van der Waals surface area contributed by atoms with Crippen molar-refractivity contribution in [2.24, 2.45) is 0 Å². The molecule has 1 heterocycles. The maximum Gasteiger partial charge on any atom is 0.160 e. The van der Waals surface area contributed by atoms with Crippen molar-refractivity contribution in [1.82, 2.24) is 0 Å². The standard InChI is InChI=1S/C9H5IO2S/c10-7-1-2-8(12)6-3-5(4-11)13-9(6)7/h1-4,12H. The third kappa shape index (κ3) is 1.44. The van der Waals surface area contributed by atoms with Gasteiger partial charge in [0, 0.05) is 8.96 Å². The number of aldehydes is 1. The SMILES string of the molecule is O=Cc1cc2c(O)ccc(I)c2s1. The lowest BCUT2D eigenvalue weighted by molar-refractivity contribution is 0.112. The molecule has 4 heteroatoms. The number of carbonyl (C=O) groups is 1. The Bertz CT molecular complexity index is 437. The predicted molar refractivity (Wildman–Crippen MR) is 61.6 cm³/mol. The van der Waals surface area contributed by atoms with Gasteiger partial charge in [0.05, 0.1) is 9.58 Å². The lowest BCUT2D eigenvalue weighted by Crippen LogP contribution is -1.70. The highest BCUT2D eigenvalue weighted by Crippen LogP contribution is 2.34. The van der Waals surface area contributed by atoms with Gasteiger partial charge in [-0.15, -0.1) is 11.3 Å². The van der Waals surface area contributed by atoms with Gasteiger partial charge in [-0.05, 0) is 40.8 Å². The van der Waals surface area contributed by atoms with Crippen molar-refractivity contribution >= 4 is 50.3 Å². The van der Waals surface area contributed by atoms with E-state index < -0.39 is 0 Å². The molecule has 0 amide bonds. The van der Waals surface area contributed by atoms with E-state index in [2.05, 4.69) is 22.6 Å². The van der Waals surface area contributed by atoms with Crippen LogP contribution in [-0.4, -0.2) is 11.4 Å². The molecule has 2 nitrogen and oxygen atoms in total. The Morgan fingerprint density at radius 3 is 2.85 bits per heavy atom. The average molecular weight is 304 g/mol.